The Labute approximate surface area is 212 Å². The van der Waals surface area contributed by atoms with Crippen LogP contribution in [0.25, 0.3) is 5.76 Å². The Hall–Kier alpha value is -3.58. The molecule has 1 fully saturated rings. The summed E-state index contributed by atoms with van der Waals surface area (Å²) in [4.78, 5) is 27.6. The lowest BCUT2D eigenvalue weighted by Crippen LogP contribution is -2.30. The summed E-state index contributed by atoms with van der Waals surface area (Å²) in [5.41, 5.74) is 2.17. The Balaban J connectivity index is 1.79. The number of benzene rings is 3. The predicted molar refractivity (Wildman–Crippen MR) is 137 cm³/mol. The van der Waals surface area contributed by atoms with Crippen molar-refractivity contribution in [3.8, 4) is 11.5 Å². The first kappa shape index (κ1) is 24.5. The highest BCUT2D eigenvalue weighted by molar-refractivity contribution is 9.10. The number of carbonyl (C=O) groups is 2. The predicted octanol–water partition coefficient (Wildman–Crippen LogP) is 5.87. The van der Waals surface area contributed by atoms with Gasteiger partial charge < -0.3 is 19.5 Å². The number of hydrogen-bond acceptors (Lipinski definition) is 5. The molecule has 1 saturated heterocycles. The number of carbonyl (C=O) groups excluding carboxylic acids is 2. The molecule has 0 saturated carbocycles. The Morgan fingerprint density at radius 1 is 1.00 bits per heavy atom. The SMILES string of the molecule is CCCN1C(=O)C(=O)/C(=C(\O)c2ccc(Br)cc2)C1c1ccc(OC)c(OCc2ccccc2)c1. The van der Waals surface area contributed by atoms with Gasteiger partial charge in [-0.05, 0) is 41.8 Å². The van der Waals surface area contributed by atoms with E-state index in [9.17, 15) is 14.7 Å². The molecule has 1 atom stereocenters. The number of likely N-dealkylation sites (tertiary alicyclic amines) is 1. The van der Waals surface area contributed by atoms with Crippen LogP contribution >= 0.6 is 15.9 Å². The zero-order valence-electron chi connectivity index (χ0n) is 19.5. The van der Waals surface area contributed by atoms with Crippen LogP contribution in [0.3, 0.4) is 0 Å². The smallest absolute Gasteiger partial charge is 0.295 e. The molecule has 4 rings (SSSR count). The van der Waals surface area contributed by atoms with Gasteiger partial charge in [0.15, 0.2) is 11.5 Å². The highest BCUT2D eigenvalue weighted by atomic mass is 79.9. The molecular formula is C28H26BrNO5. The van der Waals surface area contributed by atoms with Crippen molar-refractivity contribution in [2.24, 2.45) is 0 Å². The number of methoxy groups -OCH3 is 1. The molecule has 0 aromatic heterocycles. The summed E-state index contributed by atoms with van der Waals surface area (Å²) < 4.78 is 12.4. The van der Waals surface area contributed by atoms with Gasteiger partial charge in [-0.25, -0.2) is 0 Å². The molecule has 3 aromatic carbocycles. The lowest BCUT2D eigenvalue weighted by atomic mass is 9.95. The fraction of sp³-hybridized carbons (Fsp3) is 0.214. The minimum atomic E-state index is -0.747. The number of aliphatic hydroxyl groups excluding tert-OH is 1. The third-order valence-electron chi connectivity index (χ3n) is 5.86. The monoisotopic (exact) mass is 535 g/mol. The van der Waals surface area contributed by atoms with Gasteiger partial charge >= 0.3 is 0 Å². The van der Waals surface area contributed by atoms with Crippen LogP contribution in [-0.2, 0) is 16.2 Å². The van der Waals surface area contributed by atoms with Crippen molar-refractivity contribution in [2.75, 3.05) is 13.7 Å². The Morgan fingerprint density at radius 3 is 2.37 bits per heavy atom. The van der Waals surface area contributed by atoms with Gasteiger partial charge in [0.1, 0.15) is 12.4 Å². The second kappa shape index (κ2) is 10.8. The van der Waals surface area contributed by atoms with Crippen LogP contribution in [0.1, 0.15) is 36.1 Å². The number of amides is 1. The van der Waals surface area contributed by atoms with Gasteiger partial charge in [-0.3, -0.25) is 9.59 Å². The molecule has 7 heteroatoms. The summed E-state index contributed by atoms with van der Waals surface area (Å²) in [7, 11) is 1.56. The Kier molecular flexibility index (Phi) is 7.56. The summed E-state index contributed by atoms with van der Waals surface area (Å²) in [6.45, 7) is 2.64. The number of ether oxygens (including phenoxy) is 2. The number of Topliss-reactive ketones (excluding diaryl/α,β-unsaturated/α-hetero) is 1. The number of ketones is 1. The quantitative estimate of drug-likeness (QED) is 0.222. The van der Waals surface area contributed by atoms with Gasteiger partial charge in [0.05, 0.1) is 18.7 Å². The van der Waals surface area contributed by atoms with Crippen LogP contribution < -0.4 is 9.47 Å². The van der Waals surface area contributed by atoms with Gasteiger partial charge in [0, 0.05) is 16.6 Å². The number of hydrogen-bond donors (Lipinski definition) is 1. The molecule has 0 radical (unpaired) electrons. The van der Waals surface area contributed by atoms with E-state index >= 15 is 0 Å². The van der Waals surface area contributed by atoms with Crippen LogP contribution in [0.5, 0.6) is 11.5 Å². The number of rotatable bonds is 8. The van der Waals surface area contributed by atoms with Gasteiger partial charge in [0.25, 0.3) is 11.7 Å². The number of halogens is 1. The van der Waals surface area contributed by atoms with Crippen molar-refractivity contribution in [2.45, 2.75) is 26.0 Å². The molecule has 0 bridgehead atoms. The van der Waals surface area contributed by atoms with Crippen LogP contribution in [0.4, 0.5) is 0 Å². The van der Waals surface area contributed by atoms with Crippen LogP contribution in [0, 0.1) is 0 Å². The second-order valence-electron chi connectivity index (χ2n) is 8.18. The zero-order valence-corrected chi connectivity index (χ0v) is 21.1. The first-order chi connectivity index (χ1) is 16.9. The van der Waals surface area contributed by atoms with Crippen molar-refractivity contribution in [1.29, 1.82) is 0 Å². The molecule has 0 aliphatic carbocycles. The lowest BCUT2D eigenvalue weighted by Gasteiger charge is -2.25. The van der Waals surface area contributed by atoms with E-state index in [0.29, 0.717) is 42.2 Å². The van der Waals surface area contributed by atoms with Crippen molar-refractivity contribution < 1.29 is 24.2 Å². The van der Waals surface area contributed by atoms with Crippen molar-refractivity contribution >= 4 is 33.4 Å². The van der Waals surface area contributed by atoms with Crippen LogP contribution in [-0.4, -0.2) is 35.4 Å². The Morgan fingerprint density at radius 2 is 1.71 bits per heavy atom. The zero-order chi connectivity index (χ0) is 24.9. The summed E-state index contributed by atoms with van der Waals surface area (Å²) >= 11 is 3.38. The molecule has 1 amide bonds. The highest BCUT2D eigenvalue weighted by Crippen LogP contribution is 2.42. The van der Waals surface area contributed by atoms with Crippen molar-refractivity contribution in [3.05, 3.63) is 99.5 Å². The third kappa shape index (κ3) is 5.10. The maximum atomic E-state index is 13.1. The van der Waals surface area contributed by atoms with Gasteiger partial charge in [-0.2, -0.15) is 0 Å². The van der Waals surface area contributed by atoms with E-state index in [-0.39, 0.29) is 11.3 Å². The van der Waals surface area contributed by atoms with E-state index in [4.69, 9.17) is 9.47 Å². The molecule has 35 heavy (non-hydrogen) atoms. The second-order valence-corrected chi connectivity index (χ2v) is 9.10. The average molecular weight is 536 g/mol. The van der Waals surface area contributed by atoms with Crippen LogP contribution in [0.15, 0.2) is 82.8 Å². The van der Waals surface area contributed by atoms with E-state index in [1.54, 1.807) is 49.6 Å². The molecule has 3 aromatic rings. The molecule has 1 N–H and O–H groups in total. The largest absolute Gasteiger partial charge is 0.507 e. The normalized spacial score (nSPS) is 17.0. The molecule has 1 aliphatic rings. The van der Waals surface area contributed by atoms with E-state index in [1.165, 1.54) is 4.90 Å². The maximum Gasteiger partial charge on any atom is 0.295 e. The maximum absolute atomic E-state index is 13.1. The average Bonchev–Trinajstić information content (AvgIpc) is 3.13. The molecule has 180 valence electrons. The molecule has 1 unspecified atom stereocenters. The topological polar surface area (TPSA) is 76.1 Å². The third-order valence-corrected chi connectivity index (χ3v) is 6.39. The standard InChI is InChI=1S/C28H26BrNO5/c1-3-15-30-25(24(27(32)28(30)33)26(31)19-9-12-21(29)13-10-19)20-11-14-22(34-2)23(16-20)35-17-18-7-5-4-6-8-18/h4-14,16,25,31H,3,15,17H2,1-2H3/b26-24-. The van der Waals surface area contributed by atoms with Crippen molar-refractivity contribution in [3.63, 3.8) is 0 Å². The lowest BCUT2D eigenvalue weighted by molar-refractivity contribution is -0.139. The summed E-state index contributed by atoms with van der Waals surface area (Å²) in [6, 6.07) is 21.3. The van der Waals surface area contributed by atoms with Gasteiger partial charge in [0.2, 0.25) is 0 Å². The number of aliphatic hydroxyl groups is 1. The van der Waals surface area contributed by atoms with Gasteiger partial charge in [-0.15, -0.1) is 0 Å². The van der Waals surface area contributed by atoms with Crippen molar-refractivity contribution in [1.82, 2.24) is 4.90 Å². The minimum absolute atomic E-state index is 0.0601. The highest BCUT2D eigenvalue weighted by Gasteiger charge is 2.45. The minimum Gasteiger partial charge on any atom is -0.507 e. The molecule has 1 aliphatic heterocycles. The first-order valence-corrected chi connectivity index (χ1v) is 12.1. The van der Waals surface area contributed by atoms with Gasteiger partial charge in [-0.1, -0.05) is 71.4 Å². The fourth-order valence-corrected chi connectivity index (χ4v) is 4.44. The molecule has 0 spiro atoms. The summed E-state index contributed by atoms with van der Waals surface area (Å²) in [6.07, 6.45) is 0.662. The van der Waals surface area contributed by atoms with E-state index in [0.717, 1.165) is 10.0 Å². The molecular weight excluding hydrogens is 510 g/mol. The first-order valence-electron chi connectivity index (χ1n) is 11.3. The van der Waals surface area contributed by atoms with Crippen LogP contribution in [0.2, 0.25) is 0 Å². The number of nitrogens with zero attached hydrogens (tertiary/aromatic N) is 1. The van der Waals surface area contributed by atoms with E-state index in [1.807, 2.05) is 37.3 Å². The van der Waals surface area contributed by atoms with E-state index < -0.39 is 17.7 Å². The summed E-state index contributed by atoms with van der Waals surface area (Å²) in [5.74, 6) is -0.517. The molecule has 1 heterocycles. The van der Waals surface area contributed by atoms with E-state index in [2.05, 4.69) is 15.9 Å². The molecule has 6 nitrogen and oxygen atoms in total. The Bertz CT molecular complexity index is 1250. The summed E-state index contributed by atoms with van der Waals surface area (Å²) in [5, 5.41) is 11.1. The fourth-order valence-electron chi connectivity index (χ4n) is 4.17.